The van der Waals surface area contributed by atoms with E-state index in [4.69, 9.17) is 14.5 Å². The summed E-state index contributed by atoms with van der Waals surface area (Å²) in [7, 11) is 2.19. The lowest BCUT2D eigenvalue weighted by Gasteiger charge is -2.36. The van der Waals surface area contributed by atoms with Gasteiger partial charge in [-0.2, -0.15) is 0 Å². The van der Waals surface area contributed by atoms with Crippen molar-refractivity contribution in [2.45, 2.75) is 52.3 Å². The molecule has 32 heavy (non-hydrogen) atoms. The highest BCUT2D eigenvalue weighted by molar-refractivity contribution is 14.0. The zero-order chi connectivity index (χ0) is 22.1. The Bertz CT molecular complexity index is 704. The van der Waals surface area contributed by atoms with Crippen LogP contribution in [0.1, 0.15) is 37.8 Å². The van der Waals surface area contributed by atoms with Crippen molar-refractivity contribution < 1.29 is 9.47 Å². The molecule has 182 valence electrons. The van der Waals surface area contributed by atoms with Gasteiger partial charge in [-0.25, -0.2) is 4.99 Å². The average Bonchev–Trinajstić information content (AvgIpc) is 3.29. The second kappa shape index (κ2) is 14.2. The molecule has 2 aliphatic heterocycles. The molecular formula is C24H42IN5O2. The lowest BCUT2D eigenvalue weighted by molar-refractivity contribution is 0.0676. The van der Waals surface area contributed by atoms with Gasteiger partial charge in [0.2, 0.25) is 0 Å². The number of benzene rings is 1. The average molecular weight is 560 g/mol. The number of piperazine rings is 1. The highest BCUT2D eigenvalue weighted by atomic mass is 127. The molecule has 3 rings (SSSR count). The molecule has 8 heteroatoms. The van der Waals surface area contributed by atoms with Gasteiger partial charge >= 0.3 is 0 Å². The van der Waals surface area contributed by atoms with Crippen molar-refractivity contribution >= 4 is 29.9 Å². The zero-order valence-corrected chi connectivity index (χ0v) is 22.6. The molecule has 0 bridgehead atoms. The van der Waals surface area contributed by atoms with E-state index in [0.717, 1.165) is 76.0 Å². The Morgan fingerprint density at radius 1 is 1.25 bits per heavy atom. The Morgan fingerprint density at radius 2 is 2.03 bits per heavy atom. The summed E-state index contributed by atoms with van der Waals surface area (Å²) in [5, 5.41) is 6.91. The number of hydrogen-bond acceptors (Lipinski definition) is 5. The Morgan fingerprint density at radius 3 is 2.72 bits per heavy atom. The predicted molar refractivity (Wildman–Crippen MR) is 142 cm³/mol. The molecule has 2 saturated heterocycles. The van der Waals surface area contributed by atoms with Gasteiger partial charge in [-0.15, -0.1) is 24.0 Å². The summed E-state index contributed by atoms with van der Waals surface area (Å²) >= 11 is 0. The Labute approximate surface area is 211 Å². The van der Waals surface area contributed by atoms with Gasteiger partial charge in [-0.3, -0.25) is 4.90 Å². The smallest absolute Gasteiger partial charge is 0.191 e. The van der Waals surface area contributed by atoms with E-state index < -0.39 is 0 Å². The van der Waals surface area contributed by atoms with Gasteiger partial charge in [-0.05, 0) is 52.3 Å². The second-order valence-electron chi connectivity index (χ2n) is 8.82. The van der Waals surface area contributed by atoms with E-state index in [2.05, 4.69) is 66.5 Å². The molecule has 2 fully saturated rings. The molecule has 1 aromatic carbocycles. The SMILES string of the molecule is CCNC(=NCc1ccc(C)cc1OCC1CCCO1)NCC(C)N1CCN(C)CC1.I. The normalized spacial score (nSPS) is 21.1. The number of halogens is 1. The number of ether oxygens (including phenoxy) is 2. The molecule has 2 heterocycles. The van der Waals surface area contributed by atoms with Gasteiger partial charge in [-0.1, -0.05) is 12.1 Å². The van der Waals surface area contributed by atoms with Crippen LogP contribution in [0, 0.1) is 6.92 Å². The quantitative estimate of drug-likeness (QED) is 0.276. The number of aliphatic imine (C=N–C) groups is 1. The molecular weight excluding hydrogens is 517 g/mol. The fourth-order valence-corrected chi connectivity index (χ4v) is 4.03. The number of likely N-dealkylation sites (N-methyl/N-ethyl adjacent to an activating group) is 1. The summed E-state index contributed by atoms with van der Waals surface area (Å²) in [5.41, 5.74) is 2.30. The zero-order valence-electron chi connectivity index (χ0n) is 20.2. The monoisotopic (exact) mass is 559 g/mol. The fraction of sp³-hybridized carbons (Fsp3) is 0.708. The van der Waals surface area contributed by atoms with Crippen LogP contribution in [0.3, 0.4) is 0 Å². The highest BCUT2D eigenvalue weighted by Gasteiger charge is 2.19. The maximum atomic E-state index is 6.13. The van der Waals surface area contributed by atoms with E-state index in [-0.39, 0.29) is 30.1 Å². The molecule has 0 aliphatic carbocycles. The van der Waals surface area contributed by atoms with Crippen LogP contribution in [-0.4, -0.2) is 87.4 Å². The summed E-state index contributed by atoms with van der Waals surface area (Å²) < 4.78 is 11.8. The van der Waals surface area contributed by atoms with Crippen LogP contribution in [-0.2, 0) is 11.3 Å². The van der Waals surface area contributed by atoms with Crippen molar-refractivity contribution in [3.63, 3.8) is 0 Å². The van der Waals surface area contributed by atoms with Crippen LogP contribution in [0.4, 0.5) is 0 Å². The molecule has 7 nitrogen and oxygen atoms in total. The molecule has 0 spiro atoms. The van der Waals surface area contributed by atoms with Crippen molar-refractivity contribution in [3.8, 4) is 5.75 Å². The van der Waals surface area contributed by atoms with Crippen LogP contribution in [0.25, 0.3) is 0 Å². The first-order chi connectivity index (χ1) is 15.0. The number of rotatable bonds is 9. The van der Waals surface area contributed by atoms with E-state index in [0.29, 0.717) is 19.2 Å². The van der Waals surface area contributed by atoms with Crippen molar-refractivity contribution in [1.82, 2.24) is 20.4 Å². The minimum Gasteiger partial charge on any atom is -0.491 e. The van der Waals surface area contributed by atoms with E-state index in [1.807, 2.05) is 0 Å². The van der Waals surface area contributed by atoms with E-state index in [1.165, 1.54) is 5.56 Å². The fourth-order valence-electron chi connectivity index (χ4n) is 4.03. The molecule has 2 unspecified atom stereocenters. The predicted octanol–water partition coefficient (Wildman–Crippen LogP) is 2.86. The van der Waals surface area contributed by atoms with Crippen LogP contribution < -0.4 is 15.4 Å². The number of aryl methyl sites for hydroxylation is 1. The van der Waals surface area contributed by atoms with Gasteiger partial charge in [0, 0.05) is 57.5 Å². The Hall–Kier alpha value is -1.10. The van der Waals surface area contributed by atoms with Crippen molar-refractivity contribution in [2.24, 2.45) is 4.99 Å². The summed E-state index contributed by atoms with van der Waals surface area (Å²) in [6, 6.07) is 6.83. The number of nitrogens with one attached hydrogen (secondary N) is 2. The van der Waals surface area contributed by atoms with Gasteiger partial charge < -0.3 is 25.0 Å². The molecule has 2 aliphatic rings. The number of guanidine groups is 1. The van der Waals surface area contributed by atoms with Crippen molar-refractivity contribution in [2.75, 3.05) is 59.5 Å². The standard InChI is InChI=1S/C24H41N5O2.HI/c1-5-25-24(26-16-20(3)29-12-10-28(4)11-13-29)27-17-21-9-8-19(2)15-23(21)31-18-22-7-6-14-30-22;/h8-9,15,20,22H,5-7,10-14,16-18H2,1-4H3,(H2,25,26,27);1H. The van der Waals surface area contributed by atoms with Gasteiger partial charge in [0.1, 0.15) is 12.4 Å². The van der Waals surface area contributed by atoms with Crippen molar-refractivity contribution in [3.05, 3.63) is 29.3 Å². The first-order valence-electron chi connectivity index (χ1n) is 11.8. The third kappa shape index (κ3) is 8.68. The van der Waals surface area contributed by atoms with E-state index in [9.17, 15) is 0 Å². The lowest BCUT2D eigenvalue weighted by atomic mass is 10.1. The van der Waals surface area contributed by atoms with Crippen LogP contribution in [0.2, 0.25) is 0 Å². The highest BCUT2D eigenvalue weighted by Crippen LogP contribution is 2.23. The molecule has 0 amide bonds. The Balaban J connectivity index is 0.00000363. The lowest BCUT2D eigenvalue weighted by Crippen LogP contribution is -2.52. The Kier molecular flexibility index (Phi) is 12.1. The molecule has 2 atom stereocenters. The summed E-state index contributed by atoms with van der Waals surface area (Å²) in [6.07, 6.45) is 2.43. The topological polar surface area (TPSA) is 61.4 Å². The van der Waals surface area contributed by atoms with Crippen LogP contribution >= 0.6 is 24.0 Å². The maximum absolute atomic E-state index is 6.13. The van der Waals surface area contributed by atoms with Crippen LogP contribution in [0.5, 0.6) is 5.75 Å². The van der Waals surface area contributed by atoms with Gasteiger partial charge in [0.15, 0.2) is 5.96 Å². The minimum atomic E-state index is 0. The van der Waals surface area contributed by atoms with Gasteiger partial charge in [0.05, 0.1) is 12.6 Å². The van der Waals surface area contributed by atoms with Gasteiger partial charge in [0.25, 0.3) is 0 Å². The van der Waals surface area contributed by atoms with E-state index >= 15 is 0 Å². The third-order valence-corrected chi connectivity index (χ3v) is 6.15. The first-order valence-corrected chi connectivity index (χ1v) is 11.8. The number of hydrogen-bond donors (Lipinski definition) is 2. The summed E-state index contributed by atoms with van der Waals surface area (Å²) in [5.74, 6) is 1.77. The van der Waals surface area contributed by atoms with E-state index in [1.54, 1.807) is 0 Å². The summed E-state index contributed by atoms with van der Waals surface area (Å²) in [4.78, 5) is 9.78. The first kappa shape index (κ1) is 27.1. The summed E-state index contributed by atoms with van der Waals surface area (Å²) in [6.45, 7) is 14.8. The largest absolute Gasteiger partial charge is 0.491 e. The van der Waals surface area contributed by atoms with Crippen LogP contribution in [0.15, 0.2) is 23.2 Å². The minimum absolute atomic E-state index is 0. The second-order valence-corrected chi connectivity index (χ2v) is 8.82. The third-order valence-electron chi connectivity index (χ3n) is 6.15. The molecule has 2 N–H and O–H groups in total. The molecule has 0 aromatic heterocycles. The molecule has 0 saturated carbocycles. The molecule has 0 radical (unpaired) electrons. The maximum Gasteiger partial charge on any atom is 0.191 e. The van der Waals surface area contributed by atoms with Crippen molar-refractivity contribution in [1.29, 1.82) is 0 Å². The molecule has 1 aromatic rings. The number of nitrogens with zero attached hydrogens (tertiary/aromatic N) is 3.